The van der Waals surface area contributed by atoms with Crippen molar-refractivity contribution in [1.29, 1.82) is 0 Å². The van der Waals surface area contributed by atoms with Gasteiger partial charge in [-0.15, -0.1) is 10.2 Å². The van der Waals surface area contributed by atoms with Gasteiger partial charge in [0.05, 0.1) is 22.3 Å². The lowest BCUT2D eigenvalue weighted by Gasteiger charge is -2.15. The molecule has 0 saturated heterocycles. The van der Waals surface area contributed by atoms with E-state index >= 15 is 0 Å². The van der Waals surface area contributed by atoms with E-state index in [4.69, 9.17) is 0 Å². The number of halogens is 1. The summed E-state index contributed by atoms with van der Waals surface area (Å²) in [5, 5.41) is 25.2. The normalized spacial score (nSPS) is 11.6. The van der Waals surface area contributed by atoms with Crippen molar-refractivity contribution >= 4 is 35.0 Å². The molecule has 178 valence electrons. The molecule has 0 aliphatic carbocycles. The smallest absolute Gasteiger partial charge is 0.274 e. The van der Waals surface area contributed by atoms with Crippen molar-refractivity contribution in [1.82, 2.24) is 20.1 Å². The Bertz CT molecular complexity index is 1230. The van der Waals surface area contributed by atoms with Gasteiger partial charge in [-0.3, -0.25) is 19.7 Å². The minimum absolute atomic E-state index is 0.00419. The van der Waals surface area contributed by atoms with Gasteiger partial charge >= 0.3 is 0 Å². The van der Waals surface area contributed by atoms with Gasteiger partial charge in [0.25, 0.3) is 11.6 Å². The molecular formula is C22H23FN6O4S. The van der Waals surface area contributed by atoms with E-state index in [1.807, 2.05) is 6.92 Å². The molecule has 12 heteroatoms. The maximum Gasteiger partial charge on any atom is 0.274 e. The fraction of sp³-hybridized carbons (Fsp3) is 0.273. The van der Waals surface area contributed by atoms with Crippen LogP contribution in [-0.4, -0.2) is 37.3 Å². The summed E-state index contributed by atoms with van der Waals surface area (Å²) in [6, 6.07) is 9.60. The molecule has 2 amide bonds. The van der Waals surface area contributed by atoms with E-state index < -0.39 is 22.7 Å². The Labute approximate surface area is 199 Å². The molecule has 3 rings (SSSR count). The van der Waals surface area contributed by atoms with Crippen molar-refractivity contribution in [2.24, 2.45) is 0 Å². The van der Waals surface area contributed by atoms with Crippen LogP contribution in [0.5, 0.6) is 0 Å². The molecular weight excluding hydrogens is 463 g/mol. The van der Waals surface area contributed by atoms with Crippen LogP contribution in [-0.2, 0) is 11.3 Å². The summed E-state index contributed by atoms with van der Waals surface area (Å²) in [4.78, 5) is 35.4. The number of nitrogens with one attached hydrogen (secondary N) is 2. The van der Waals surface area contributed by atoms with E-state index in [0.717, 1.165) is 11.8 Å². The molecule has 0 spiro atoms. The first-order valence-corrected chi connectivity index (χ1v) is 11.4. The number of hydrogen-bond acceptors (Lipinski definition) is 7. The van der Waals surface area contributed by atoms with E-state index in [-0.39, 0.29) is 22.9 Å². The fourth-order valence-electron chi connectivity index (χ4n) is 3.22. The van der Waals surface area contributed by atoms with E-state index in [2.05, 4.69) is 20.8 Å². The van der Waals surface area contributed by atoms with Gasteiger partial charge in [-0.2, -0.15) is 0 Å². The van der Waals surface area contributed by atoms with Crippen LogP contribution < -0.4 is 10.6 Å². The van der Waals surface area contributed by atoms with Crippen molar-refractivity contribution in [3.63, 3.8) is 0 Å². The molecule has 1 atom stereocenters. The zero-order valence-corrected chi connectivity index (χ0v) is 19.6. The number of carbonyl (C=O) groups is 2. The number of thioether (sulfide) groups is 1. The second-order valence-corrected chi connectivity index (χ2v) is 8.30. The van der Waals surface area contributed by atoms with Crippen LogP contribution in [0.25, 0.3) is 0 Å². The monoisotopic (exact) mass is 486 g/mol. The first-order chi connectivity index (χ1) is 16.2. The quantitative estimate of drug-likeness (QED) is 0.266. The standard InChI is InChI=1S/C22H23FN6O4S/c1-4-28-20(14(3)24-21(31)16-7-5-6-8-17(16)23)26-27-22(28)34-12-19(30)25-15-10-9-13(2)18(11-15)29(32)33/h5-11,14H,4,12H2,1-3H3,(H,24,31)(H,25,30)/t14-/m1/s1. The van der Waals surface area contributed by atoms with Crippen LogP contribution in [0.2, 0.25) is 0 Å². The van der Waals surface area contributed by atoms with Crippen LogP contribution >= 0.6 is 11.8 Å². The van der Waals surface area contributed by atoms with Crippen LogP contribution in [0.3, 0.4) is 0 Å². The maximum atomic E-state index is 13.9. The second-order valence-electron chi connectivity index (χ2n) is 7.36. The maximum absolute atomic E-state index is 13.9. The van der Waals surface area contributed by atoms with Crippen LogP contribution in [0, 0.1) is 22.9 Å². The highest BCUT2D eigenvalue weighted by atomic mass is 32.2. The number of nitro groups is 1. The number of amides is 2. The Hall–Kier alpha value is -3.80. The third-order valence-corrected chi connectivity index (χ3v) is 5.90. The molecule has 0 fully saturated rings. The van der Waals surface area contributed by atoms with Gasteiger partial charge in [-0.25, -0.2) is 4.39 Å². The fourth-order valence-corrected chi connectivity index (χ4v) is 4.03. The lowest BCUT2D eigenvalue weighted by atomic mass is 10.2. The Balaban J connectivity index is 1.64. The predicted molar refractivity (Wildman–Crippen MR) is 125 cm³/mol. The number of carbonyl (C=O) groups excluding carboxylic acids is 2. The molecule has 0 radical (unpaired) electrons. The zero-order valence-electron chi connectivity index (χ0n) is 18.7. The van der Waals surface area contributed by atoms with Gasteiger partial charge in [0.15, 0.2) is 11.0 Å². The second kappa shape index (κ2) is 10.9. The van der Waals surface area contributed by atoms with E-state index in [1.165, 1.54) is 24.3 Å². The van der Waals surface area contributed by atoms with Crippen molar-refractivity contribution in [3.05, 3.63) is 75.3 Å². The van der Waals surface area contributed by atoms with Gasteiger partial charge in [-0.1, -0.05) is 30.0 Å². The average molecular weight is 487 g/mol. The minimum atomic E-state index is -0.620. The third-order valence-electron chi connectivity index (χ3n) is 4.94. The molecule has 34 heavy (non-hydrogen) atoms. The largest absolute Gasteiger partial charge is 0.342 e. The molecule has 1 aromatic heterocycles. The number of benzene rings is 2. The van der Waals surface area contributed by atoms with E-state index in [9.17, 15) is 24.1 Å². The summed E-state index contributed by atoms with van der Waals surface area (Å²) < 4.78 is 15.6. The Morgan fingerprint density at radius 3 is 2.65 bits per heavy atom. The van der Waals surface area contributed by atoms with Gasteiger partial charge in [-0.05, 0) is 39.0 Å². The molecule has 0 aliphatic heterocycles. The number of nitrogens with zero attached hydrogens (tertiary/aromatic N) is 4. The van der Waals surface area contributed by atoms with Crippen molar-refractivity contribution in [2.75, 3.05) is 11.1 Å². The summed E-state index contributed by atoms with van der Waals surface area (Å²) in [5.41, 5.74) is 0.675. The van der Waals surface area contributed by atoms with Crippen LogP contribution in [0.15, 0.2) is 47.6 Å². The topological polar surface area (TPSA) is 132 Å². The summed E-state index contributed by atoms with van der Waals surface area (Å²) in [5.74, 6) is -1.10. The number of hydrogen-bond donors (Lipinski definition) is 2. The summed E-state index contributed by atoms with van der Waals surface area (Å²) in [6.07, 6.45) is 0. The Morgan fingerprint density at radius 2 is 1.97 bits per heavy atom. The number of rotatable bonds is 9. The molecule has 1 heterocycles. The van der Waals surface area contributed by atoms with Crippen molar-refractivity contribution in [2.45, 2.75) is 38.5 Å². The van der Waals surface area contributed by atoms with Gasteiger partial charge < -0.3 is 15.2 Å². The average Bonchev–Trinajstić information content (AvgIpc) is 3.22. The Kier molecular flexibility index (Phi) is 7.95. The predicted octanol–water partition coefficient (Wildman–Crippen LogP) is 3.88. The number of nitro benzene ring substituents is 1. The van der Waals surface area contributed by atoms with Crippen LogP contribution in [0.1, 0.15) is 41.6 Å². The highest BCUT2D eigenvalue weighted by molar-refractivity contribution is 7.99. The van der Waals surface area contributed by atoms with E-state index in [0.29, 0.717) is 28.8 Å². The molecule has 0 unspecified atom stereocenters. The van der Waals surface area contributed by atoms with Crippen molar-refractivity contribution in [3.8, 4) is 0 Å². The SMILES string of the molecule is CCn1c(SCC(=O)Nc2ccc(C)c([N+](=O)[O-])c2)nnc1[C@@H](C)NC(=O)c1ccccc1F. The summed E-state index contributed by atoms with van der Waals surface area (Å²) >= 11 is 1.14. The highest BCUT2D eigenvalue weighted by Gasteiger charge is 2.21. The molecule has 0 bridgehead atoms. The zero-order chi connectivity index (χ0) is 24.8. The van der Waals surface area contributed by atoms with Crippen LogP contribution in [0.4, 0.5) is 15.8 Å². The molecule has 2 aromatic carbocycles. The Morgan fingerprint density at radius 1 is 1.24 bits per heavy atom. The molecule has 3 aromatic rings. The van der Waals surface area contributed by atoms with Gasteiger partial charge in [0.1, 0.15) is 5.82 Å². The minimum Gasteiger partial charge on any atom is -0.342 e. The van der Waals surface area contributed by atoms with Gasteiger partial charge in [0.2, 0.25) is 5.91 Å². The summed E-state index contributed by atoms with van der Waals surface area (Å²) in [6.45, 7) is 5.68. The summed E-state index contributed by atoms with van der Waals surface area (Å²) in [7, 11) is 0. The molecule has 10 nitrogen and oxygen atoms in total. The molecule has 0 aliphatic rings. The van der Waals surface area contributed by atoms with E-state index in [1.54, 1.807) is 36.6 Å². The van der Waals surface area contributed by atoms with Crippen molar-refractivity contribution < 1.29 is 18.9 Å². The number of aryl methyl sites for hydroxylation is 1. The lowest BCUT2D eigenvalue weighted by Crippen LogP contribution is -2.29. The first kappa shape index (κ1) is 24.8. The third kappa shape index (κ3) is 5.76. The molecule has 2 N–H and O–H groups in total. The number of aromatic nitrogens is 3. The molecule has 0 saturated carbocycles. The first-order valence-electron chi connectivity index (χ1n) is 10.4. The number of anilines is 1. The lowest BCUT2D eigenvalue weighted by molar-refractivity contribution is -0.385. The highest BCUT2D eigenvalue weighted by Crippen LogP contribution is 2.24. The van der Waals surface area contributed by atoms with Gasteiger partial charge in [0, 0.05) is 23.9 Å².